The maximum atomic E-state index is 12.5. The average Bonchev–Trinajstić information content (AvgIpc) is 2.95. The molecule has 1 unspecified atom stereocenters. The van der Waals surface area contributed by atoms with E-state index in [9.17, 15) is 19.5 Å². The van der Waals surface area contributed by atoms with Crippen molar-refractivity contribution in [1.29, 1.82) is 0 Å². The lowest BCUT2D eigenvalue weighted by molar-refractivity contribution is -0.131. The minimum Gasteiger partial charge on any atom is -0.507 e. The van der Waals surface area contributed by atoms with Crippen molar-refractivity contribution in [3.8, 4) is 5.75 Å². The molecular formula is C33H49NO7. The van der Waals surface area contributed by atoms with Gasteiger partial charge < -0.3 is 19.7 Å². The summed E-state index contributed by atoms with van der Waals surface area (Å²) >= 11 is 0. The number of nitrogens with one attached hydrogen (secondary N) is 1. The van der Waals surface area contributed by atoms with Crippen LogP contribution in [0.3, 0.4) is 0 Å². The number of carbonyl (C=O) groups is 3. The summed E-state index contributed by atoms with van der Waals surface area (Å²) in [7, 11) is 0. The molecule has 3 N–H and O–H groups in total. The molecule has 41 heavy (non-hydrogen) atoms. The number of amides is 1. The van der Waals surface area contributed by atoms with Crippen molar-refractivity contribution in [2.24, 2.45) is 0 Å². The number of carboxylic acid groups (broad SMARTS) is 1. The topological polar surface area (TPSA) is 122 Å². The Morgan fingerprint density at radius 2 is 1.51 bits per heavy atom. The minimum atomic E-state index is -1.31. The molecule has 0 aromatic heterocycles. The molecule has 0 aliphatic heterocycles. The third-order valence-electron chi connectivity index (χ3n) is 6.37. The molecule has 8 heteroatoms. The number of aromatic carboxylic acids is 1. The highest BCUT2D eigenvalue weighted by atomic mass is 16.5. The van der Waals surface area contributed by atoms with Gasteiger partial charge >= 0.3 is 12.1 Å². The Kier molecular flexibility index (Phi) is 20.3. The summed E-state index contributed by atoms with van der Waals surface area (Å²) in [5.74, 6) is -1.71. The van der Waals surface area contributed by atoms with E-state index in [0.29, 0.717) is 19.4 Å². The van der Waals surface area contributed by atoms with Crippen LogP contribution in [0.15, 0.2) is 54.7 Å². The average molecular weight is 572 g/mol. The molecule has 8 nitrogen and oxygen atoms in total. The number of rotatable bonds is 23. The fourth-order valence-electron chi connectivity index (χ4n) is 4.07. The van der Waals surface area contributed by atoms with Crippen molar-refractivity contribution >= 4 is 23.5 Å². The van der Waals surface area contributed by atoms with E-state index < -0.39 is 23.9 Å². The van der Waals surface area contributed by atoms with Crippen molar-refractivity contribution in [1.82, 2.24) is 0 Å². The van der Waals surface area contributed by atoms with Crippen LogP contribution in [0.5, 0.6) is 5.75 Å². The molecule has 228 valence electrons. The van der Waals surface area contributed by atoms with Gasteiger partial charge in [0.05, 0.1) is 6.61 Å². The Labute approximate surface area is 245 Å². The third-order valence-corrected chi connectivity index (χ3v) is 6.37. The molecular weight excluding hydrogens is 522 g/mol. The molecule has 0 aliphatic rings. The molecule has 1 rings (SSSR count). The highest BCUT2D eigenvalue weighted by Crippen LogP contribution is 2.21. The van der Waals surface area contributed by atoms with Crippen LogP contribution < -0.4 is 5.32 Å². The Balaban J connectivity index is 2.06. The molecule has 0 fully saturated rings. The van der Waals surface area contributed by atoms with Crippen LogP contribution in [0.2, 0.25) is 0 Å². The Bertz CT molecular complexity index is 984. The van der Waals surface area contributed by atoms with Crippen LogP contribution in [-0.2, 0) is 14.3 Å². The molecule has 0 bridgehead atoms. The number of ketones is 1. The van der Waals surface area contributed by atoms with Crippen LogP contribution in [0.4, 0.5) is 10.5 Å². The van der Waals surface area contributed by atoms with Crippen LogP contribution in [0, 0.1) is 0 Å². The number of anilines is 1. The van der Waals surface area contributed by atoms with Gasteiger partial charge in [-0.1, -0.05) is 76.0 Å². The molecule has 1 aromatic rings. The molecule has 0 saturated carbocycles. The number of hydrogen-bond acceptors (Lipinski definition) is 6. The fraction of sp³-hybridized carbons (Fsp3) is 0.545. The van der Waals surface area contributed by atoms with Gasteiger partial charge in [-0.2, -0.15) is 0 Å². The van der Waals surface area contributed by atoms with Crippen LogP contribution >= 0.6 is 0 Å². The molecule has 1 amide bonds. The van der Waals surface area contributed by atoms with E-state index in [1.54, 1.807) is 0 Å². The lowest BCUT2D eigenvalue weighted by Crippen LogP contribution is -2.24. The highest BCUT2D eigenvalue weighted by Gasteiger charge is 2.17. The number of unbranched alkanes of at least 4 members (excludes halogenated alkanes) is 6. The first-order chi connectivity index (χ1) is 19.9. The monoisotopic (exact) mass is 571 g/mol. The summed E-state index contributed by atoms with van der Waals surface area (Å²) in [6, 6.07) is 3.68. The van der Waals surface area contributed by atoms with Crippen molar-refractivity contribution in [2.75, 3.05) is 18.5 Å². The van der Waals surface area contributed by atoms with Crippen LogP contribution in [0.1, 0.15) is 108 Å². The van der Waals surface area contributed by atoms with Gasteiger partial charge in [0.25, 0.3) is 0 Å². The molecule has 0 radical (unpaired) electrons. The Morgan fingerprint density at radius 3 is 2.20 bits per heavy atom. The number of hydrogen-bond donors (Lipinski definition) is 3. The van der Waals surface area contributed by atoms with Crippen LogP contribution in [0.25, 0.3) is 0 Å². The normalized spacial score (nSPS) is 12.3. The number of benzene rings is 1. The number of carbonyl (C=O) groups excluding carboxylic acids is 2. The molecule has 0 spiro atoms. The molecule has 0 saturated heterocycles. The first-order valence-corrected chi connectivity index (χ1v) is 15.0. The van der Waals surface area contributed by atoms with E-state index in [1.807, 2.05) is 6.92 Å². The van der Waals surface area contributed by atoms with Gasteiger partial charge in [0, 0.05) is 18.7 Å². The molecule has 1 aromatic carbocycles. The number of allylic oxidation sites excluding steroid dienone is 6. The predicted molar refractivity (Wildman–Crippen MR) is 164 cm³/mol. The second kappa shape index (κ2) is 23.3. The van der Waals surface area contributed by atoms with Gasteiger partial charge in [0.2, 0.25) is 0 Å². The predicted octanol–water partition coefficient (Wildman–Crippen LogP) is 8.37. The smallest absolute Gasteiger partial charge is 0.411 e. The summed E-state index contributed by atoms with van der Waals surface area (Å²) in [6.07, 6.45) is 24.5. The zero-order chi connectivity index (χ0) is 30.1. The number of Topliss-reactive ketones (excluding diaryl/α,β-unsaturated/α-hetero) is 1. The van der Waals surface area contributed by atoms with E-state index in [4.69, 9.17) is 14.6 Å². The van der Waals surface area contributed by atoms with E-state index in [0.717, 1.165) is 44.6 Å². The Hall–Kier alpha value is -3.39. The second-order valence-electron chi connectivity index (χ2n) is 9.84. The van der Waals surface area contributed by atoms with Crippen molar-refractivity contribution in [3.63, 3.8) is 0 Å². The van der Waals surface area contributed by atoms with E-state index in [-0.39, 0.29) is 30.1 Å². The van der Waals surface area contributed by atoms with E-state index in [2.05, 4.69) is 48.7 Å². The van der Waals surface area contributed by atoms with Gasteiger partial charge in [-0.25, -0.2) is 9.59 Å². The lowest BCUT2D eigenvalue weighted by Gasteiger charge is -2.15. The summed E-state index contributed by atoms with van der Waals surface area (Å²) in [5.41, 5.74) is -0.142. The SMILES string of the molecule is CC/C=C\C/C=C\C/C=C\CCCCCCCCOC(CC)C(=O)CCCOC(=O)Nc1ccc(O)c(C(=O)O)c1. The number of phenols is 1. The quantitative estimate of drug-likeness (QED) is 0.0685. The summed E-state index contributed by atoms with van der Waals surface area (Å²) in [5, 5.41) is 21.0. The van der Waals surface area contributed by atoms with E-state index >= 15 is 0 Å². The third kappa shape index (κ3) is 17.8. The summed E-state index contributed by atoms with van der Waals surface area (Å²) < 4.78 is 10.9. The number of ether oxygens (including phenoxy) is 2. The van der Waals surface area contributed by atoms with E-state index in [1.165, 1.54) is 37.8 Å². The largest absolute Gasteiger partial charge is 0.507 e. The van der Waals surface area contributed by atoms with Gasteiger partial charge in [-0.3, -0.25) is 10.1 Å². The van der Waals surface area contributed by atoms with Gasteiger partial charge in [-0.05, 0) is 69.6 Å². The summed E-state index contributed by atoms with van der Waals surface area (Å²) in [4.78, 5) is 35.5. The first kappa shape index (κ1) is 35.6. The fourth-order valence-corrected chi connectivity index (χ4v) is 4.07. The molecule has 0 aliphatic carbocycles. The van der Waals surface area contributed by atoms with Gasteiger partial charge in [0.15, 0.2) is 5.78 Å². The minimum absolute atomic E-state index is 0.00183. The zero-order valence-electron chi connectivity index (χ0n) is 24.8. The van der Waals surface area contributed by atoms with Crippen molar-refractivity contribution in [3.05, 3.63) is 60.2 Å². The second-order valence-corrected chi connectivity index (χ2v) is 9.84. The number of aromatic hydroxyl groups is 1. The van der Waals surface area contributed by atoms with Gasteiger partial charge in [-0.15, -0.1) is 0 Å². The lowest BCUT2D eigenvalue weighted by atomic mass is 10.1. The summed E-state index contributed by atoms with van der Waals surface area (Å²) in [6.45, 7) is 4.68. The zero-order valence-corrected chi connectivity index (χ0v) is 24.8. The Morgan fingerprint density at radius 1 is 0.854 bits per heavy atom. The van der Waals surface area contributed by atoms with Crippen molar-refractivity contribution in [2.45, 2.75) is 103 Å². The number of carboxylic acids is 1. The molecule has 0 heterocycles. The highest BCUT2D eigenvalue weighted by molar-refractivity contribution is 5.94. The first-order valence-electron chi connectivity index (χ1n) is 15.0. The standard InChI is InChI=1S/C33H49NO7/c1-3-5-6-7-8-9-10-11-12-13-14-15-16-17-18-19-24-40-31(4-2)30(36)21-20-25-41-33(39)34-27-22-23-29(35)28(26-27)32(37)38/h5-6,8-9,11-12,22-23,26,31,35H,3-4,7,10,13-21,24-25H2,1-2H3,(H,34,39)(H,37,38)/b6-5-,9-8-,12-11-. The molecule has 1 atom stereocenters. The van der Waals surface area contributed by atoms with Gasteiger partial charge in [0.1, 0.15) is 17.4 Å². The van der Waals surface area contributed by atoms with Crippen LogP contribution in [-0.4, -0.2) is 47.4 Å². The maximum Gasteiger partial charge on any atom is 0.411 e. The maximum absolute atomic E-state index is 12.5. The van der Waals surface area contributed by atoms with Crippen molar-refractivity contribution < 1.29 is 34.1 Å².